The number of sulfonamides is 1. The van der Waals surface area contributed by atoms with E-state index in [0.717, 1.165) is 11.8 Å². The maximum atomic E-state index is 14.6. The van der Waals surface area contributed by atoms with E-state index in [1.54, 1.807) is 57.1 Å². The van der Waals surface area contributed by atoms with E-state index in [-0.39, 0.29) is 31.0 Å². The summed E-state index contributed by atoms with van der Waals surface area (Å²) in [5, 5.41) is 10.7. The van der Waals surface area contributed by atoms with Gasteiger partial charge >= 0.3 is 6.09 Å². The second-order valence-electron chi connectivity index (χ2n) is 15.6. The number of fused-ring (bicyclic) bond motifs is 3. The first-order valence-electron chi connectivity index (χ1n) is 18.7. The van der Waals surface area contributed by atoms with Gasteiger partial charge in [0.1, 0.15) is 35.1 Å². The van der Waals surface area contributed by atoms with Crippen molar-refractivity contribution in [3.8, 4) is 17.4 Å². The monoisotopic (exact) mass is 809 g/mol. The van der Waals surface area contributed by atoms with Gasteiger partial charge in [-0.1, -0.05) is 12.2 Å². The highest BCUT2D eigenvalue weighted by molar-refractivity contribution is 7.99. The average molecular weight is 810 g/mol. The summed E-state index contributed by atoms with van der Waals surface area (Å²) in [5.41, 5.74) is -2.35. The molecule has 4 aliphatic rings. The molecule has 4 heterocycles. The fourth-order valence-electron chi connectivity index (χ4n) is 7.02. The molecule has 16 nitrogen and oxygen atoms in total. The van der Waals surface area contributed by atoms with Gasteiger partial charge in [-0.3, -0.25) is 19.1 Å². The highest BCUT2D eigenvalue weighted by atomic mass is 32.2. The number of aromatic nitrogens is 3. The predicted molar refractivity (Wildman–Crippen MR) is 208 cm³/mol. The number of methoxy groups -OCH3 is 1. The number of pyridine rings is 1. The maximum Gasteiger partial charge on any atom is 0.408 e. The molecule has 300 valence electrons. The number of alkyl carbamates (subject to hydrolysis) is 1. The number of ether oxygens (including phenoxy) is 3. The van der Waals surface area contributed by atoms with Gasteiger partial charge in [0.05, 0.1) is 18.9 Å². The molecule has 2 saturated carbocycles. The Morgan fingerprint density at radius 2 is 1.95 bits per heavy atom. The normalized spacial score (nSPS) is 25.9. The topological polar surface area (TPSA) is 200 Å². The van der Waals surface area contributed by atoms with Gasteiger partial charge in [-0.25, -0.2) is 17.9 Å². The molecule has 1 aromatic carbocycles. The first-order valence-corrected chi connectivity index (χ1v) is 21.4. The van der Waals surface area contributed by atoms with Crippen LogP contribution in [-0.4, -0.2) is 112 Å². The molecule has 3 N–H and O–H groups in total. The summed E-state index contributed by atoms with van der Waals surface area (Å²) >= 11 is 1.49. The molecule has 3 fully saturated rings. The lowest BCUT2D eigenvalue weighted by Crippen LogP contribution is -2.58. The number of allylic oxidation sites excluding steroid dienone is 1. The summed E-state index contributed by atoms with van der Waals surface area (Å²) in [6.45, 7) is 5.10. The lowest BCUT2D eigenvalue weighted by molar-refractivity contribution is -0.140. The zero-order chi connectivity index (χ0) is 39.8. The number of carbonyl (C=O) groups excluding carboxylic acids is 4. The van der Waals surface area contributed by atoms with Crippen molar-refractivity contribution in [2.75, 3.05) is 25.2 Å². The van der Waals surface area contributed by atoms with Crippen LogP contribution in [0.15, 0.2) is 54.9 Å². The fourth-order valence-corrected chi connectivity index (χ4v) is 9.38. The summed E-state index contributed by atoms with van der Waals surface area (Å²) in [5.74, 6) is -0.223. The van der Waals surface area contributed by atoms with E-state index >= 15 is 0 Å². The minimum Gasteiger partial charge on any atom is -0.497 e. The molecule has 0 bridgehead atoms. The Hall–Kier alpha value is -4.84. The van der Waals surface area contributed by atoms with Crippen molar-refractivity contribution >= 4 is 56.4 Å². The number of benzene rings is 1. The molecule has 7 rings (SSSR count). The number of carbonyl (C=O) groups is 4. The van der Waals surface area contributed by atoms with Crippen LogP contribution in [0, 0.1) is 5.92 Å². The van der Waals surface area contributed by atoms with Gasteiger partial charge in [0.15, 0.2) is 5.82 Å². The number of hydrogen-bond donors (Lipinski definition) is 3. The van der Waals surface area contributed by atoms with E-state index in [9.17, 15) is 27.6 Å². The summed E-state index contributed by atoms with van der Waals surface area (Å²) in [6, 6.07) is 6.82. The van der Waals surface area contributed by atoms with Gasteiger partial charge in [-0.05, 0) is 94.3 Å². The minimum atomic E-state index is -3.91. The second-order valence-corrected chi connectivity index (χ2v) is 18.7. The van der Waals surface area contributed by atoms with E-state index in [0.29, 0.717) is 42.0 Å². The largest absolute Gasteiger partial charge is 0.497 e. The Balaban J connectivity index is 1.22. The van der Waals surface area contributed by atoms with Gasteiger partial charge in [0, 0.05) is 35.9 Å². The summed E-state index contributed by atoms with van der Waals surface area (Å²) in [4.78, 5) is 62.0. The van der Waals surface area contributed by atoms with Gasteiger partial charge in [0.2, 0.25) is 27.7 Å². The third kappa shape index (κ3) is 8.75. The highest BCUT2D eigenvalue weighted by Gasteiger charge is 2.62. The SMILES string of the molecule is COc1ccc2c(OC3C[C@H]4C(=O)N[C@]5(C(=O)NS(=O)(=O)C6CC6)CC5C=CCCCSC[C@H](NC(=O)OC(C)(C)C)C(=O)N4C3)nc(-n3cccn3)cc2c1. The number of rotatable bonds is 8. The van der Waals surface area contributed by atoms with Gasteiger partial charge in [-0.15, -0.1) is 0 Å². The van der Waals surface area contributed by atoms with Gasteiger partial charge in [-0.2, -0.15) is 21.8 Å². The maximum absolute atomic E-state index is 14.6. The zero-order valence-corrected chi connectivity index (χ0v) is 33.4. The lowest BCUT2D eigenvalue weighted by atomic mass is 10.1. The number of thioether (sulfide) groups is 1. The van der Waals surface area contributed by atoms with Crippen molar-refractivity contribution in [1.82, 2.24) is 35.0 Å². The van der Waals surface area contributed by atoms with Crippen molar-refractivity contribution in [3.05, 3.63) is 54.9 Å². The van der Waals surface area contributed by atoms with Crippen molar-refractivity contribution in [2.45, 2.75) is 93.9 Å². The average Bonchev–Trinajstić information content (AvgIpc) is 4.00. The van der Waals surface area contributed by atoms with Crippen LogP contribution < -0.4 is 24.8 Å². The van der Waals surface area contributed by atoms with Crippen LogP contribution in [0.2, 0.25) is 0 Å². The number of hydrogen-bond acceptors (Lipinski definition) is 12. The first-order chi connectivity index (χ1) is 26.7. The molecule has 4 amide bonds. The molecule has 56 heavy (non-hydrogen) atoms. The minimum absolute atomic E-state index is 0.00772. The molecule has 2 aliphatic carbocycles. The molecule has 2 unspecified atom stereocenters. The number of amides is 4. The summed E-state index contributed by atoms with van der Waals surface area (Å²) < 4.78 is 47.1. The van der Waals surface area contributed by atoms with Crippen molar-refractivity contribution in [1.29, 1.82) is 0 Å². The molecule has 5 atom stereocenters. The van der Waals surface area contributed by atoms with Gasteiger partial charge in [0.25, 0.3) is 5.91 Å². The fraction of sp³-hybridized carbons (Fsp3) is 0.526. The summed E-state index contributed by atoms with van der Waals surface area (Å²) in [7, 11) is -2.34. The van der Waals surface area contributed by atoms with Crippen LogP contribution in [0.3, 0.4) is 0 Å². The Labute approximate surface area is 329 Å². The Kier molecular flexibility index (Phi) is 11.0. The quantitative estimate of drug-likeness (QED) is 0.281. The van der Waals surface area contributed by atoms with E-state index in [4.69, 9.17) is 19.2 Å². The van der Waals surface area contributed by atoms with Crippen molar-refractivity contribution in [2.24, 2.45) is 5.92 Å². The van der Waals surface area contributed by atoms with E-state index in [2.05, 4.69) is 20.5 Å². The third-order valence-electron chi connectivity index (χ3n) is 10.1. The zero-order valence-electron chi connectivity index (χ0n) is 31.7. The molecular weight excluding hydrogens is 763 g/mol. The highest BCUT2D eigenvalue weighted by Crippen LogP contribution is 2.46. The molecule has 3 aromatic rings. The second kappa shape index (κ2) is 15.6. The number of nitrogens with zero attached hydrogens (tertiary/aromatic N) is 4. The van der Waals surface area contributed by atoms with Crippen molar-refractivity contribution in [3.63, 3.8) is 0 Å². The molecule has 2 aromatic heterocycles. The molecule has 2 aliphatic heterocycles. The van der Waals surface area contributed by atoms with E-state index in [1.165, 1.54) is 16.7 Å². The molecular formula is C38H47N7O9S2. The third-order valence-corrected chi connectivity index (χ3v) is 13.1. The van der Waals surface area contributed by atoms with Crippen LogP contribution in [0.1, 0.15) is 59.3 Å². The Bertz CT molecular complexity index is 2140. The lowest BCUT2D eigenvalue weighted by Gasteiger charge is -2.30. The van der Waals surface area contributed by atoms with Crippen LogP contribution in [0.4, 0.5) is 4.79 Å². The number of nitrogens with one attached hydrogen (secondary N) is 3. The Morgan fingerprint density at radius 1 is 1.14 bits per heavy atom. The first kappa shape index (κ1) is 39.4. The molecule has 1 saturated heterocycles. The molecule has 0 spiro atoms. The molecule has 18 heteroatoms. The van der Waals surface area contributed by atoms with Crippen LogP contribution in [-0.2, 0) is 29.1 Å². The van der Waals surface area contributed by atoms with Crippen LogP contribution in [0.5, 0.6) is 11.6 Å². The van der Waals surface area contributed by atoms with Crippen LogP contribution in [0.25, 0.3) is 16.6 Å². The summed E-state index contributed by atoms with van der Waals surface area (Å²) in [6.07, 6.45) is 8.15. The van der Waals surface area contributed by atoms with Crippen molar-refractivity contribution < 1.29 is 41.8 Å². The Morgan fingerprint density at radius 3 is 2.66 bits per heavy atom. The predicted octanol–water partition coefficient (Wildman–Crippen LogP) is 3.24. The standard InChI is InChI=1S/C38H47N7O9S2/c1-37(2,3)54-36(49)40-29-22-55-16-7-5-6-9-24-20-38(24,35(48)43-56(50,51)27-11-12-27)42-32(46)30-19-26(21-44(30)34(29)47)53-33-28-13-10-25(52-4)17-23(28)18-31(41-33)45-15-8-14-39-45/h6,8-10,13-15,17-18,24,26-27,29-30H,5,7,11-12,16,19-22H2,1-4H3,(H,40,49)(H,42,46)(H,43,48)/t24?,26?,29-,30-,38+/m0/s1. The smallest absolute Gasteiger partial charge is 0.408 e. The van der Waals surface area contributed by atoms with Gasteiger partial charge < -0.3 is 29.7 Å². The van der Waals surface area contributed by atoms with E-state index < -0.39 is 74.3 Å². The van der Waals surface area contributed by atoms with E-state index in [1.807, 2.05) is 30.4 Å². The van der Waals surface area contributed by atoms with Crippen LogP contribution >= 0.6 is 11.8 Å². The molecule has 0 radical (unpaired) electrons.